The summed E-state index contributed by atoms with van der Waals surface area (Å²) in [5, 5.41) is 92.0. The molecule has 0 aliphatic carbocycles. The molecule has 230 valence electrons. The number of fused-ring (bicyclic) bond motifs is 1. The Balaban J connectivity index is 1.50. The quantitative estimate of drug-likeness (QED) is 0.191. The van der Waals surface area contributed by atoms with Crippen LogP contribution in [0.5, 0.6) is 23.0 Å². The van der Waals surface area contributed by atoms with E-state index in [1.54, 1.807) is 12.1 Å². The number of aliphatic hydroxyl groups excluding tert-OH is 6. The van der Waals surface area contributed by atoms with Gasteiger partial charge in [0.1, 0.15) is 59.3 Å². The van der Waals surface area contributed by atoms with Gasteiger partial charge < -0.3 is 69.6 Å². The fraction of sp³-hybridized carbons (Fsp3) is 0.500. The normalized spacial score (nSPS) is 36.5. The first-order valence-electron chi connectivity index (χ1n) is 13.3. The number of hydrogen-bond acceptors (Lipinski definition) is 14. The molecule has 0 amide bonds. The van der Waals surface area contributed by atoms with Crippen molar-refractivity contribution in [3.8, 4) is 23.0 Å². The minimum atomic E-state index is -1.71. The van der Waals surface area contributed by atoms with Gasteiger partial charge in [-0.3, -0.25) is 0 Å². The second-order valence-corrected chi connectivity index (χ2v) is 10.5. The summed E-state index contributed by atoms with van der Waals surface area (Å²) in [6.45, 7) is 0.178. The molecule has 2 saturated heterocycles. The van der Waals surface area contributed by atoms with Crippen molar-refractivity contribution in [3.63, 3.8) is 0 Å². The van der Waals surface area contributed by atoms with Crippen molar-refractivity contribution in [2.24, 2.45) is 5.92 Å². The molecule has 2 aromatic rings. The van der Waals surface area contributed by atoms with Gasteiger partial charge in [-0.15, -0.1) is 0 Å². The highest BCUT2D eigenvalue weighted by Gasteiger charge is 2.51. The maximum Gasteiger partial charge on any atom is 0.229 e. The molecule has 3 aliphatic heterocycles. The van der Waals surface area contributed by atoms with Crippen LogP contribution in [-0.4, -0.2) is 114 Å². The van der Waals surface area contributed by atoms with Gasteiger partial charge in [0.15, 0.2) is 18.5 Å². The van der Waals surface area contributed by atoms with Gasteiger partial charge in [-0.05, 0) is 18.2 Å². The summed E-state index contributed by atoms with van der Waals surface area (Å²) in [6, 6.07) is 8.32. The summed E-state index contributed by atoms with van der Waals surface area (Å²) >= 11 is 0. The van der Waals surface area contributed by atoms with E-state index in [2.05, 4.69) is 0 Å². The van der Waals surface area contributed by atoms with E-state index in [9.17, 15) is 46.0 Å². The Kier molecular flexibility index (Phi) is 8.80. The highest BCUT2D eigenvalue weighted by atomic mass is 16.8. The van der Waals surface area contributed by atoms with E-state index in [0.29, 0.717) is 5.56 Å². The van der Waals surface area contributed by atoms with Crippen LogP contribution in [0.2, 0.25) is 0 Å². The van der Waals surface area contributed by atoms with E-state index in [1.807, 2.05) is 0 Å². The Morgan fingerprint density at radius 3 is 2.02 bits per heavy atom. The first kappa shape index (κ1) is 30.3. The predicted molar refractivity (Wildman–Crippen MR) is 140 cm³/mol. The van der Waals surface area contributed by atoms with Crippen LogP contribution in [-0.2, 0) is 18.9 Å². The number of hydrogen-bond donors (Lipinski definition) is 9. The van der Waals surface area contributed by atoms with Gasteiger partial charge in [-0.1, -0.05) is 19.1 Å². The Morgan fingerprint density at radius 2 is 1.38 bits per heavy atom. The highest BCUT2D eigenvalue weighted by Crippen LogP contribution is 2.45. The summed E-state index contributed by atoms with van der Waals surface area (Å²) < 4.78 is 29.6. The third-order valence-corrected chi connectivity index (χ3v) is 7.65. The number of aromatic hydroxyl groups is 3. The van der Waals surface area contributed by atoms with Crippen LogP contribution in [0.4, 0.5) is 0 Å². The molecule has 3 aliphatic rings. The second kappa shape index (κ2) is 12.2. The number of benzene rings is 2. The fourth-order valence-electron chi connectivity index (χ4n) is 5.18. The van der Waals surface area contributed by atoms with Crippen LogP contribution in [0.1, 0.15) is 24.2 Å². The Hall–Kier alpha value is -3.18. The Morgan fingerprint density at radius 1 is 0.762 bits per heavy atom. The molecule has 11 atom stereocenters. The van der Waals surface area contributed by atoms with E-state index in [4.69, 9.17) is 23.7 Å². The van der Waals surface area contributed by atoms with Gasteiger partial charge in [0.05, 0.1) is 24.9 Å². The largest absolute Gasteiger partial charge is 0.508 e. The van der Waals surface area contributed by atoms with E-state index in [-0.39, 0.29) is 34.3 Å². The lowest BCUT2D eigenvalue weighted by Crippen LogP contribution is -2.63. The van der Waals surface area contributed by atoms with Crippen molar-refractivity contribution >= 4 is 6.08 Å². The molecule has 2 fully saturated rings. The molecular weight excluding hydrogens is 560 g/mol. The van der Waals surface area contributed by atoms with Crippen molar-refractivity contribution in [1.82, 2.24) is 0 Å². The highest BCUT2D eigenvalue weighted by molar-refractivity contribution is 5.69. The van der Waals surface area contributed by atoms with Crippen molar-refractivity contribution in [2.45, 2.75) is 68.3 Å². The monoisotopic (exact) mass is 594 g/mol. The summed E-state index contributed by atoms with van der Waals surface area (Å²) in [5.41, 5.74) is 0.629. The Bertz CT molecular complexity index is 1270. The fourth-order valence-corrected chi connectivity index (χ4v) is 5.18. The minimum Gasteiger partial charge on any atom is -0.508 e. The summed E-state index contributed by atoms with van der Waals surface area (Å²) in [4.78, 5) is 0. The third-order valence-electron chi connectivity index (χ3n) is 7.65. The molecule has 0 radical (unpaired) electrons. The van der Waals surface area contributed by atoms with Crippen LogP contribution in [0.3, 0.4) is 0 Å². The summed E-state index contributed by atoms with van der Waals surface area (Å²) in [6.07, 6.45) is -12.6. The molecular formula is C28H34O14. The maximum atomic E-state index is 11.0. The lowest BCUT2D eigenvalue weighted by molar-refractivity contribution is -0.356. The van der Waals surface area contributed by atoms with Crippen LogP contribution >= 0.6 is 0 Å². The van der Waals surface area contributed by atoms with E-state index in [1.165, 1.54) is 31.2 Å². The smallest absolute Gasteiger partial charge is 0.229 e. The van der Waals surface area contributed by atoms with Gasteiger partial charge in [0.25, 0.3) is 0 Å². The Labute approximate surface area is 239 Å². The van der Waals surface area contributed by atoms with Crippen LogP contribution in [0, 0.1) is 5.92 Å². The first-order chi connectivity index (χ1) is 20.0. The number of ether oxygens (including phenoxy) is 5. The van der Waals surface area contributed by atoms with E-state index in [0.717, 1.165) is 6.07 Å². The zero-order valence-corrected chi connectivity index (χ0v) is 22.4. The molecule has 3 heterocycles. The molecule has 5 rings (SSSR count). The van der Waals surface area contributed by atoms with Crippen molar-refractivity contribution in [1.29, 1.82) is 0 Å². The molecule has 0 spiro atoms. The average Bonchev–Trinajstić information content (AvgIpc) is 2.97. The summed E-state index contributed by atoms with van der Waals surface area (Å²) in [7, 11) is 0. The van der Waals surface area contributed by atoms with E-state index >= 15 is 0 Å². The molecule has 14 nitrogen and oxygen atoms in total. The van der Waals surface area contributed by atoms with Gasteiger partial charge in [0, 0.05) is 23.6 Å². The number of phenolic OH excluding ortho intramolecular Hbond substituents is 3. The lowest BCUT2D eigenvalue weighted by atomic mass is 9.92. The van der Waals surface area contributed by atoms with Gasteiger partial charge in [-0.25, -0.2) is 0 Å². The van der Waals surface area contributed by atoms with Crippen LogP contribution < -0.4 is 4.74 Å². The maximum absolute atomic E-state index is 11.0. The summed E-state index contributed by atoms with van der Waals surface area (Å²) in [5.74, 6) is -1.32. The second-order valence-electron chi connectivity index (χ2n) is 10.5. The average molecular weight is 595 g/mol. The number of rotatable bonds is 7. The molecule has 0 saturated carbocycles. The molecule has 9 N–H and O–H groups in total. The number of phenols is 3. The standard InChI is InChI=1S/C28H34O14/c1-11-21(34)22(35)19(9-29)40-27(11)42-26-24(37)23(36)20(10-30)41-28(26)39-18-8-15-16(33)6-14(32)7-17(15)38-25(18)12-2-4-13(31)5-3-12/h2-8,11,19-37H,9-10H2,1H3/t11-,19-,20-,21-,22-,23-,24+,25?,26-,27+,28-/m1/s1. The predicted octanol–water partition coefficient (Wildman–Crippen LogP) is -0.806. The molecule has 14 heteroatoms. The van der Waals surface area contributed by atoms with Crippen molar-refractivity contribution in [3.05, 3.63) is 53.3 Å². The molecule has 42 heavy (non-hydrogen) atoms. The minimum absolute atomic E-state index is 0.0150. The zero-order valence-electron chi connectivity index (χ0n) is 22.4. The lowest BCUT2D eigenvalue weighted by Gasteiger charge is -2.46. The molecule has 0 bridgehead atoms. The van der Waals surface area contributed by atoms with Crippen molar-refractivity contribution < 1.29 is 69.6 Å². The number of aliphatic hydroxyl groups is 6. The van der Waals surface area contributed by atoms with Crippen molar-refractivity contribution in [2.75, 3.05) is 13.2 Å². The molecule has 2 aromatic carbocycles. The van der Waals surface area contributed by atoms with Gasteiger partial charge >= 0.3 is 0 Å². The van der Waals surface area contributed by atoms with Crippen LogP contribution in [0.25, 0.3) is 6.08 Å². The molecule has 1 unspecified atom stereocenters. The first-order valence-corrected chi connectivity index (χ1v) is 13.3. The van der Waals surface area contributed by atoms with Crippen LogP contribution in [0.15, 0.2) is 42.2 Å². The van der Waals surface area contributed by atoms with E-state index < -0.39 is 80.5 Å². The van der Waals surface area contributed by atoms with Gasteiger partial charge in [-0.2, -0.15) is 0 Å². The molecule has 0 aromatic heterocycles. The SMILES string of the molecule is C[C@H]1[C@H](O[C@H]2[C@H](OC3=Cc4c(O)cc(O)cc4OC3c3ccc(O)cc3)O[C@H](CO)[C@@H](O)[C@@H]2O)O[C@H](CO)[C@@H](O)[C@@H]1O. The zero-order chi connectivity index (χ0) is 30.3. The van der Waals surface area contributed by atoms with Gasteiger partial charge in [0.2, 0.25) is 6.29 Å². The third kappa shape index (κ3) is 5.73. The topological polar surface area (TPSA) is 228 Å².